The molecule has 0 spiro atoms. The van der Waals surface area contributed by atoms with E-state index >= 15 is 0 Å². The number of hydrazine groups is 1. The van der Waals surface area contributed by atoms with E-state index in [-0.39, 0.29) is 18.3 Å². The first-order chi connectivity index (χ1) is 12.0. The molecule has 2 aromatic rings. The van der Waals surface area contributed by atoms with Crippen molar-refractivity contribution >= 4 is 28.7 Å². The third-order valence-electron chi connectivity index (χ3n) is 3.76. The molecule has 1 heterocycles. The summed E-state index contributed by atoms with van der Waals surface area (Å²) in [5, 5.41) is -0.277. The second kappa shape index (κ2) is 7.50. The van der Waals surface area contributed by atoms with Crippen LogP contribution in [0.3, 0.4) is 0 Å². The number of ether oxygens (including phenoxy) is 1. The Morgan fingerprint density at radius 1 is 1.08 bits per heavy atom. The second-order valence-electron chi connectivity index (χ2n) is 5.51. The molecule has 3 rings (SSSR count). The van der Waals surface area contributed by atoms with Gasteiger partial charge >= 0.3 is 5.24 Å². The molecule has 0 aromatic heterocycles. The van der Waals surface area contributed by atoms with Gasteiger partial charge in [0.25, 0.3) is 5.91 Å². The summed E-state index contributed by atoms with van der Waals surface area (Å²) >= 11 is 0.929. The van der Waals surface area contributed by atoms with Gasteiger partial charge in [0.2, 0.25) is 0 Å². The molecule has 2 aromatic carbocycles. The lowest BCUT2D eigenvalue weighted by atomic mass is 10.1. The molecule has 0 aliphatic carbocycles. The topological polar surface area (TPSA) is 89.7 Å². The van der Waals surface area contributed by atoms with E-state index in [1.54, 1.807) is 48.5 Å². The van der Waals surface area contributed by atoms with Gasteiger partial charge < -0.3 is 4.74 Å². The Morgan fingerprint density at radius 3 is 2.36 bits per heavy atom. The standard InChI is InChI=1S/C18H16N2O4S/c19-20-17(22)16(25-18(20)23)10-12-6-8-14(9-7-12)24-11-15(21)13-4-2-1-3-5-13/h1-9,16H,10-11,19H2. The molecular formula is C18H16N2O4S. The molecule has 128 valence electrons. The maximum Gasteiger partial charge on any atom is 0.303 e. The Morgan fingerprint density at radius 2 is 1.76 bits per heavy atom. The number of benzene rings is 2. The fraction of sp³-hybridized carbons (Fsp3) is 0.167. The third kappa shape index (κ3) is 4.07. The van der Waals surface area contributed by atoms with Crippen molar-refractivity contribution in [3.8, 4) is 5.75 Å². The zero-order valence-electron chi connectivity index (χ0n) is 13.3. The van der Waals surface area contributed by atoms with Gasteiger partial charge in [0, 0.05) is 5.56 Å². The van der Waals surface area contributed by atoms with Crippen molar-refractivity contribution in [2.24, 2.45) is 5.84 Å². The normalized spacial score (nSPS) is 17.0. The summed E-state index contributed by atoms with van der Waals surface area (Å²) in [5.41, 5.74) is 1.49. The van der Waals surface area contributed by atoms with Crippen molar-refractivity contribution in [1.82, 2.24) is 5.01 Å². The summed E-state index contributed by atoms with van der Waals surface area (Å²) in [7, 11) is 0. The first-order valence-electron chi connectivity index (χ1n) is 7.64. The van der Waals surface area contributed by atoms with E-state index in [9.17, 15) is 14.4 Å². The Hall–Kier alpha value is -2.64. The molecule has 0 radical (unpaired) electrons. The average molecular weight is 356 g/mol. The predicted octanol–water partition coefficient (Wildman–Crippen LogP) is 2.43. The molecule has 7 heteroatoms. The Bertz CT molecular complexity index is 792. The smallest absolute Gasteiger partial charge is 0.303 e. The van der Waals surface area contributed by atoms with Crippen molar-refractivity contribution in [3.63, 3.8) is 0 Å². The molecule has 1 fully saturated rings. The number of hydrogen-bond acceptors (Lipinski definition) is 6. The Labute approximate surface area is 148 Å². The number of nitrogens with zero attached hydrogens (tertiary/aromatic N) is 1. The third-order valence-corrected chi connectivity index (χ3v) is 4.81. The van der Waals surface area contributed by atoms with Gasteiger partial charge in [-0.15, -0.1) is 0 Å². The largest absolute Gasteiger partial charge is 0.485 e. The van der Waals surface area contributed by atoms with Crippen LogP contribution in [-0.2, 0) is 11.2 Å². The van der Waals surface area contributed by atoms with Crippen molar-refractivity contribution < 1.29 is 19.1 Å². The van der Waals surface area contributed by atoms with Crippen LogP contribution < -0.4 is 10.6 Å². The minimum Gasteiger partial charge on any atom is -0.485 e. The minimum atomic E-state index is -0.496. The maximum absolute atomic E-state index is 12.0. The van der Waals surface area contributed by atoms with Crippen LogP contribution in [0, 0.1) is 0 Å². The summed E-state index contributed by atoms with van der Waals surface area (Å²) in [4.78, 5) is 35.2. The molecule has 1 aliphatic heterocycles. The number of Topliss-reactive ketones (excluding diaryl/α,β-unsaturated/α-hetero) is 1. The average Bonchev–Trinajstić information content (AvgIpc) is 2.88. The highest BCUT2D eigenvalue weighted by atomic mass is 32.2. The molecule has 2 N–H and O–H groups in total. The molecule has 1 aliphatic rings. The maximum atomic E-state index is 12.0. The van der Waals surface area contributed by atoms with Crippen LogP contribution in [0.1, 0.15) is 15.9 Å². The highest BCUT2D eigenvalue weighted by Gasteiger charge is 2.37. The van der Waals surface area contributed by atoms with Gasteiger partial charge in [0.15, 0.2) is 12.4 Å². The van der Waals surface area contributed by atoms with Crippen molar-refractivity contribution in [2.75, 3.05) is 6.61 Å². The lowest BCUT2D eigenvalue weighted by Gasteiger charge is -2.09. The number of imide groups is 1. The fourth-order valence-electron chi connectivity index (χ4n) is 2.40. The second-order valence-corrected chi connectivity index (χ2v) is 6.66. The first-order valence-corrected chi connectivity index (χ1v) is 8.52. The van der Waals surface area contributed by atoms with Gasteiger partial charge in [-0.2, -0.15) is 0 Å². The van der Waals surface area contributed by atoms with Gasteiger partial charge in [-0.25, -0.2) is 10.9 Å². The fourth-order valence-corrected chi connectivity index (χ4v) is 3.33. The molecule has 1 unspecified atom stereocenters. The van der Waals surface area contributed by atoms with E-state index in [1.807, 2.05) is 6.07 Å². The van der Waals surface area contributed by atoms with Gasteiger partial charge in [-0.05, 0) is 35.9 Å². The molecule has 1 atom stereocenters. The molecule has 25 heavy (non-hydrogen) atoms. The van der Waals surface area contributed by atoms with E-state index in [1.165, 1.54) is 0 Å². The van der Waals surface area contributed by atoms with Crippen molar-refractivity contribution in [1.29, 1.82) is 0 Å². The summed E-state index contributed by atoms with van der Waals surface area (Å²) in [6.45, 7) is -0.0447. The Balaban J connectivity index is 1.55. The van der Waals surface area contributed by atoms with E-state index in [2.05, 4.69) is 0 Å². The van der Waals surface area contributed by atoms with Gasteiger partial charge in [0.1, 0.15) is 5.75 Å². The number of rotatable bonds is 6. The van der Waals surface area contributed by atoms with Crippen LogP contribution in [0.5, 0.6) is 5.75 Å². The van der Waals surface area contributed by atoms with Gasteiger partial charge in [-0.1, -0.05) is 42.5 Å². The number of carbonyl (C=O) groups excluding carboxylic acids is 3. The zero-order valence-corrected chi connectivity index (χ0v) is 14.1. The van der Waals surface area contributed by atoms with E-state index < -0.39 is 10.5 Å². The van der Waals surface area contributed by atoms with Crippen molar-refractivity contribution in [3.05, 3.63) is 65.7 Å². The molecular weight excluding hydrogens is 340 g/mol. The lowest BCUT2D eigenvalue weighted by molar-refractivity contribution is -0.126. The summed E-state index contributed by atoms with van der Waals surface area (Å²) in [5.74, 6) is 5.45. The van der Waals surface area contributed by atoms with E-state index in [0.29, 0.717) is 22.7 Å². The molecule has 2 amide bonds. The molecule has 6 nitrogen and oxygen atoms in total. The molecule has 1 saturated heterocycles. The number of amides is 2. The van der Waals surface area contributed by atoms with Gasteiger partial charge in [0.05, 0.1) is 5.25 Å². The highest BCUT2D eigenvalue weighted by molar-refractivity contribution is 8.15. The Kier molecular flexibility index (Phi) is 5.16. The number of carbonyl (C=O) groups is 3. The SMILES string of the molecule is NN1C(=O)SC(Cc2ccc(OCC(=O)c3ccccc3)cc2)C1=O. The molecule has 0 saturated carbocycles. The lowest BCUT2D eigenvalue weighted by Crippen LogP contribution is -2.37. The minimum absolute atomic E-state index is 0.0447. The van der Waals surface area contributed by atoms with Crippen LogP contribution >= 0.6 is 11.8 Å². The van der Waals surface area contributed by atoms with Crippen molar-refractivity contribution in [2.45, 2.75) is 11.7 Å². The number of hydrogen-bond donors (Lipinski definition) is 1. The zero-order chi connectivity index (χ0) is 17.8. The number of ketones is 1. The predicted molar refractivity (Wildman–Crippen MR) is 94.2 cm³/mol. The van der Waals surface area contributed by atoms with Crippen LogP contribution in [0.4, 0.5) is 4.79 Å². The summed E-state index contributed by atoms with van der Waals surface area (Å²) < 4.78 is 5.50. The number of thioether (sulfide) groups is 1. The summed E-state index contributed by atoms with van der Waals surface area (Å²) in [6, 6.07) is 16.0. The number of nitrogens with two attached hydrogens (primary N) is 1. The summed E-state index contributed by atoms with van der Waals surface area (Å²) in [6.07, 6.45) is 0.409. The van der Waals surface area contributed by atoms with Crippen LogP contribution in [0.25, 0.3) is 0 Å². The van der Waals surface area contributed by atoms with Crippen LogP contribution in [-0.4, -0.2) is 33.8 Å². The van der Waals surface area contributed by atoms with Crippen LogP contribution in [0.15, 0.2) is 54.6 Å². The first kappa shape index (κ1) is 17.2. The molecule has 0 bridgehead atoms. The monoisotopic (exact) mass is 356 g/mol. The van der Waals surface area contributed by atoms with Crippen LogP contribution in [0.2, 0.25) is 0 Å². The van der Waals surface area contributed by atoms with E-state index in [0.717, 1.165) is 17.3 Å². The van der Waals surface area contributed by atoms with Gasteiger partial charge in [-0.3, -0.25) is 14.4 Å². The highest BCUT2D eigenvalue weighted by Crippen LogP contribution is 2.27. The quantitative estimate of drug-likeness (QED) is 0.486. The van der Waals surface area contributed by atoms with E-state index in [4.69, 9.17) is 10.6 Å².